The molecule has 9 nitrogen and oxygen atoms in total. The van der Waals surface area contributed by atoms with Crippen molar-refractivity contribution in [3.8, 4) is 17.4 Å². The average molecular weight is 443 g/mol. The lowest BCUT2D eigenvalue weighted by Gasteiger charge is -2.13. The van der Waals surface area contributed by atoms with Gasteiger partial charge in [-0.2, -0.15) is 0 Å². The van der Waals surface area contributed by atoms with Gasteiger partial charge in [0.25, 0.3) is 11.8 Å². The van der Waals surface area contributed by atoms with Crippen LogP contribution in [-0.4, -0.2) is 33.5 Å². The number of aromatic nitrogens is 3. The first kappa shape index (κ1) is 21.6. The van der Waals surface area contributed by atoms with Crippen LogP contribution in [-0.2, 0) is 6.54 Å². The molecule has 2 aromatic carbocycles. The Morgan fingerprint density at radius 3 is 2.48 bits per heavy atom. The summed E-state index contributed by atoms with van der Waals surface area (Å²) in [5, 5.41) is 2.79. The van der Waals surface area contributed by atoms with E-state index in [4.69, 9.17) is 15.2 Å². The number of hydrogen-bond acceptors (Lipinski definition) is 6. The minimum atomic E-state index is -0.645. The Morgan fingerprint density at radius 2 is 1.73 bits per heavy atom. The van der Waals surface area contributed by atoms with E-state index in [0.717, 1.165) is 11.3 Å². The van der Waals surface area contributed by atoms with Crippen molar-refractivity contribution in [3.63, 3.8) is 0 Å². The zero-order valence-electron chi connectivity index (χ0n) is 17.8. The lowest BCUT2D eigenvalue weighted by molar-refractivity contribution is 0.0997. The number of benzene rings is 2. The highest BCUT2D eigenvalue weighted by Crippen LogP contribution is 2.26. The largest absolute Gasteiger partial charge is 0.497 e. The van der Waals surface area contributed by atoms with Gasteiger partial charge >= 0.3 is 0 Å². The average Bonchev–Trinajstić information content (AvgIpc) is 3.26. The molecule has 0 spiro atoms. The lowest BCUT2D eigenvalue weighted by atomic mass is 10.2. The minimum absolute atomic E-state index is 0.0389. The van der Waals surface area contributed by atoms with Gasteiger partial charge in [0.05, 0.1) is 19.2 Å². The first-order valence-corrected chi connectivity index (χ1v) is 10.0. The molecule has 2 aromatic heterocycles. The second kappa shape index (κ2) is 9.65. The van der Waals surface area contributed by atoms with E-state index in [1.54, 1.807) is 54.4 Å². The summed E-state index contributed by atoms with van der Waals surface area (Å²) in [6, 6.07) is 17.3. The van der Waals surface area contributed by atoms with Crippen LogP contribution in [0.15, 0.2) is 79.3 Å². The molecule has 3 N–H and O–H groups in total. The number of para-hydroxylation sites is 1. The van der Waals surface area contributed by atoms with Gasteiger partial charge in [-0.25, -0.2) is 9.97 Å². The van der Waals surface area contributed by atoms with Gasteiger partial charge in [0, 0.05) is 18.6 Å². The molecule has 0 saturated heterocycles. The summed E-state index contributed by atoms with van der Waals surface area (Å²) < 4.78 is 12.8. The van der Waals surface area contributed by atoms with Gasteiger partial charge in [0.15, 0.2) is 0 Å². The predicted octanol–water partition coefficient (Wildman–Crippen LogP) is 3.48. The van der Waals surface area contributed by atoms with E-state index in [2.05, 4.69) is 15.3 Å². The van der Waals surface area contributed by atoms with Gasteiger partial charge in [-0.15, -0.1) is 0 Å². The van der Waals surface area contributed by atoms with E-state index in [1.807, 2.05) is 24.3 Å². The van der Waals surface area contributed by atoms with Crippen LogP contribution in [0.3, 0.4) is 0 Å². The molecule has 9 heteroatoms. The van der Waals surface area contributed by atoms with Gasteiger partial charge in [0.1, 0.15) is 17.1 Å². The Morgan fingerprint density at radius 1 is 0.970 bits per heavy atom. The second-order valence-corrected chi connectivity index (χ2v) is 7.00. The van der Waals surface area contributed by atoms with Crippen molar-refractivity contribution < 1.29 is 19.1 Å². The summed E-state index contributed by atoms with van der Waals surface area (Å²) in [5.41, 5.74) is 6.79. The van der Waals surface area contributed by atoms with E-state index in [9.17, 15) is 9.59 Å². The maximum absolute atomic E-state index is 13.0. The fourth-order valence-corrected chi connectivity index (χ4v) is 3.17. The van der Waals surface area contributed by atoms with Crippen molar-refractivity contribution in [2.75, 3.05) is 12.4 Å². The number of pyridine rings is 1. The van der Waals surface area contributed by atoms with Crippen LogP contribution >= 0.6 is 0 Å². The third-order valence-electron chi connectivity index (χ3n) is 4.83. The third kappa shape index (κ3) is 4.99. The second-order valence-electron chi connectivity index (χ2n) is 7.00. The molecule has 2 heterocycles. The van der Waals surface area contributed by atoms with Crippen molar-refractivity contribution in [3.05, 3.63) is 95.9 Å². The number of imidazole rings is 1. The smallest absolute Gasteiger partial charge is 0.263 e. The monoisotopic (exact) mass is 443 g/mol. The maximum atomic E-state index is 13.0. The molecule has 0 fully saturated rings. The number of methoxy groups -OCH3 is 1. The van der Waals surface area contributed by atoms with Gasteiger partial charge in [0.2, 0.25) is 11.8 Å². The van der Waals surface area contributed by atoms with Crippen molar-refractivity contribution in [1.82, 2.24) is 14.5 Å². The SMILES string of the molecule is COc1ccc(Cn2ccnc2NC(=O)c2cccnc2Oc2ccccc2C(N)=O)cc1. The van der Waals surface area contributed by atoms with Crippen LogP contribution < -0.4 is 20.5 Å². The van der Waals surface area contributed by atoms with Crippen LogP contribution in [0.4, 0.5) is 5.95 Å². The van der Waals surface area contributed by atoms with E-state index in [0.29, 0.717) is 12.5 Å². The Bertz CT molecular complexity index is 1280. The molecule has 2 amide bonds. The minimum Gasteiger partial charge on any atom is -0.497 e. The number of nitrogens with one attached hydrogen (secondary N) is 1. The zero-order valence-corrected chi connectivity index (χ0v) is 17.8. The van der Waals surface area contributed by atoms with Gasteiger partial charge < -0.3 is 19.8 Å². The number of amides is 2. The fraction of sp³-hybridized carbons (Fsp3) is 0.0833. The number of anilines is 1. The number of ether oxygens (including phenoxy) is 2. The maximum Gasteiger partial charge on any atom is 0.263 e. The zero-order chi connectivity index (χ0) is 23.2. The van der Waals surface area contributed by atoms with Gasteiger partial charge in [-0.3, -0.25) is 14.9 Å². The summed E-state index contributed by atoms with van der Waals surface area (Å²) in [4.78, 5) is 33.1. The summed E-state index contributed by atoms with van der Waals surface area (Å²) in [5.74, 6) is 0.267. The number of rotatable bonds is 8. The van der Waals surface area contributed by atoms with Gasteiger partial charge in [-0.1, -0.05) is 24.3 Å². The number of carbonyl (C=O) groups is 2. The number of carbonyl (C=O) groups excluding carboxylic acids is 2. The predicted molar refractivity (Wildman–Crippen MR) is 122 cm³/mol. The summed E-state index contributed by atoms with van der Waals surface area (Å²) in [7, 11) is 1.61. The Hall–Kier alpha value is -4.66. The van der Waals surface area contributed by atoms with Gasteiger partial charge in [-0.05, 0) is 42.0 Å². The summed E-state index contributed by atoms with van der Waals surface area (Å²) in [6.45, 7) is 0.502. The molecule has 0 radical (unpaired) electrons. The first-order chi connectivity index (χ1) is 16.0. The normalized spacial score (nSPS) is 10.5. The van der Waals surface area contributed by atoms with Crippen LogP contribution in [0.5, 0.6) is 17.4 Å². The van der Waals surface area contributed by atoms with Crippen molar-refractivity contribution >= 4 is 17.8 Å². The number of nitrogens with two attached hydrogens (primary N) is 1. The molecule has 4 aromatic rings. The highest BCUT2D eigenvalue weighted by Gasteiger charge is 2.18. The van der Waals surface area contributed by atoms with Crippen LogP contribution in [0.2, 0.25) is 0 Å². The summed E-state index contributed by atoms with van der Waals surface area (Å²) >= 11 is 0. The van der Waals surface area contributed by atoms with Crippen LogP contribution in [0.25, 0.3) is 0 Å². The van der Waals surface area contributed by atoms with Crippen molar-refractivity contribution in [1.29, 1.82) is 0 Å². The molecule has 166 valence electrons. The highest BCUT2D eigenvalue weighted by atomic mass is 16.5. The molecule has 0 aliphatic carbocycles. The molecule has 0 bridgehead atoms. The molecule has 0 aliphatic heterocycles. The van der Waals surface area contributed by atoms with Crippen LogP contribution in [0.1, 0.15) is 26.3 Å². The molecule has 0 unspecified atom stereocenters. The molecule has 0 atom stereocenters. The van der Waals surface area contributed by atoms with E-state index >= 15 is 0 Å². The van der Waals surface area contributed by atoms with Crippen molar-refractivity contribution in [2.24, 2.45) is 5.73 Å². The number of hydrogen-bond donors (Lipinski definition) is 2. The highest BCUT2D eigenvalue weighted by molar-refractivity contribution is 6.05. The number of nitrogens with zero attached hydrogens (tertiary/aromatic N) is 3. The van der Waals surface area contributed by atoms with Crippen molar-refractivity contribution in [2.45, 2.75) is 6.54 Å². The Kier molecular flexibility index (Phi) is 6.31. The van der Waals surface area contributed by atoms with E-state index in [-0.39, 0.29) is 22.8 Å². The molecular weight excluding hydrogens is 422 g/mol. The molecule has 33 heavy (non-hydrogen) atoms. The summed E-state index contributed by atoms with van der Waals surface area (Å²) in [6.07, 6.45) is 4.86. The Balaban J connectivity index is 1.54. The standard InChI is InChI=1S/C24H21N5O4/c1-32-17-10-8-16(9-11-17)15-29-14-13-27-24(29)28-22(31)19-6-4-12-26-23(19)33-20-7-3-2-5-18(20)21(25)30/h2-14H,15H2,1H3,(H2,25,30)(H,27,28,31). The first-order valence-electron chi connectivity index (χ1n) is 10.0. The molecule has 0 saturated carbocycles. The van der Waals surface area contributed by atoms with E-state index < -0.39 is 11.8 Å². The fourth-order valence-electron chi connectivity index (χ4n) is 3.17. The Labute approximate surface area is 189 Å². The molecule has 4 rings (SSSR count). The lowest BCUT2D eigenvalue weighted by Crippen LogP contribution is -2.18. The van der Waals surface area contributed by atoms with E-state index in [1.165, 1.54) is 12.3 Å². The number of primary amides is 1. The molecular formula is C24H21N5O4. The quantitative estimate of drug-likeness (QED) is 0.430. The topological polar surface area (TPSA) is 121 Å². The molecule has 0 aliphatic rings. The van der Waals surface area contributed by atoms with Crippen LogP contribution in [0, 0.1) is 0 Å². The third-order valence-corrected chi connectivity index (χ3v) is 4.83.